The molecule has 0 aliphatic carbocycles. The van der Waals surface area contributed by atoms with E-state index in [1.54, 1.807) is 18.3 Å². The smallest absolute Gasteiger partial charge is 0.368 e. The maximum atomic E-state index is 13.0. The lowest BCUT2D eigenvalue weighted by Crippen LogP contribution is -2.20. The Morgan fingerprint density at radius 1 is 0.931 bits per heavy atom. The fourth-order valence-corrected chi connectivity index (χ4v) is 2.66. The molecule has 0 bridgehead atoms. The highest BCUT2D eigenvalue weighted by Gasteiger charge is 2.31. The monoisotopic (exact) mass is 401 g/mol. The molecule has 150 valence electrons. The van der Waals surface area contributed by atoms with Gasteiger partial charge in [0.2, 0.25) is 6.41 Å². The zero-order chi connectivity index (χ0) is 20.7. The standard InChI is InChI=1S/C20H18F3N5O/c21-20(22,23)15-5-3-6-16(13-15)28(14-29)17-7-4-10-26-19(17)27-12-11-25-18-8-1-2-9-24-18/h1-10,13-14H,11-12H2,(H,24,25)(H,26,27). The second-order valence-corrected chi connectivity index (χ2v) is 5.96. The van der Waals surface area contributed by atoms with Crippen molar-refractivity contribution >= 4 is 29.4 Å². The van der Waals surface area contributed by atoms with Crippen LogP contribution in [0.3, 0.4) is 0 Å². The van der Waals surface area contributed by atoms with Crippen LogP contribution < -0.4 is 15.5 Å². The number of anilines is 4. The molecule has 3 aromatic rings. The summed E-state index contributed by atoms with van der Waals surface area (Å²) in [5.74, 6) is 1.09. The van der Waals surface area contributed by atoms with E-state index in [2.05, 4.69) is 20.6 Å². The maximum Gasteiger partial charge on any atom is 0.416 e. The normalized spacial score (nSPS) is 11.0. The average Bonchev–Trinajstić information content (AvgIpc) is 2.73. The van der Waals surface area contributed by atoms with Crippen molar-refractivity contribution in [2.45, 2.75) is 6.18 Å². The molecule has 0 saturated heterocycles. The van der Waals surface area contributed by atoms with Gasteiger partial charge in [-0.1, -0.05) is 12.1 Å². The van der Waals surface area contributed by atoms with E-state index in [9.17, 15) is 18.0 Å². The molecule has 0 spiro atoms. The molecule has 0 unspecified atom stereocenters. The van der Waals surface area contributed by atoms with E-state index >= 15 is 0 Å². The van der Waals surface area contributed by atoms with E-state index in [0.29, 0.717) is 36.8 Å². The van der Waals surface area contributed by atoms with Crippen molar-refractivity contribution in [2.24, 2.45) is 0 Å². The molecular formula is C20H18F3N5O. The Bertz CT molecular complexity index is 950. The predicted octanol–water partition coefficient (Wildman–Crippen LogP) is 4.31. The fourth-order valence-electron chi connectivity index (χ4n) is 2.66. The number of aromatic nitrogens is 2. The van der Waals surface area contributed by atoms with Gasteiger partial charge in [0.1, 0.15) is 11.6 Å². The van der Waals surface area contributed by atoms with Crippen molar-refractivity contribution in [1.29, 1.82) is 0 Å². The van der Waals surface area contributed by atoms with Gasteiger partial charge in [0.25, 0.3) is 0 Å². The van der Waals surface area contributed by atoms with E-state index in [1.807, 2.05) is 18.2 Å². The molecule has 3 rings (SSSR count). The molecule has 2 heterocycles. The lowest BCUT2D eigenvalue weighted by molar-refractivity contribution is -0.137. The molecule has 0 saturated carbocycles. The van der Waals surface area contributed by atoms with Gasteiger partial charge in [0, 0.05) is 31.2 Å². The number of halogens is 3. The van der Waals surface area contributed by atoms with Crippen molar-refractivity contribution < 1.29 is 18.0 Å². The third-order valence-electron chi connectivity index (χ3n) is 3.99. The van der Waals surface area contributed by atoms with Crippen molar-refractivity contribution in [3.05, 3.63) is 72.6 Å². The first-order valence-electron chi connectivity index (χ1n) is 8.74. The van der Waals surface area contributed by atoms with Gasteiger partial charge in [-0.2, -0.15) is 13.2 Å². The average molecular weight is 401 g/mol. The Kier molecular flexibility index (Phi) is 6.28. The van der Waals surface area contributed by atoms with Gasteiger partial charge in [-0.05, 0) is 42.5 Å². The minimum absolute atomic E-state index is 0.0949. The molecule has 0 atom stereocenters. The van der Waals surface area contributed by atoms with Gasteiger partial charge in [0.05, 0.1) is 11.3 Å². The van der Waals surface area contributed by atoms with Crippen LogP contribution in [0.15, 0.2) is 67.0 Å². The van der Waals surface area contributed by atoms with Gasteiger partial charge >= 0.3 is 6.18 Å². The maximum absolute atomic E-state index is 13.0. The van der Waals surface area contributed by atoms with Crippen LogP contribution in [0.25, 0.3) is 0 Å². The summed E-state index contributed by atoms with van der Waals surface area (Å²) in [6.07, 6.45) is -0.835. The second kappa shape index (κ2) is 9.05. The zero-order valence-corrected chi connectivity index (χ0v) is 15.2. The predicted molar refractivity (Wildman–Crippen MR) is 105 cm³/mol. The van der Waals surface area contributed by atoms with Crippen LogP contribution in [0, 0.1) is 0 Å². The summed E-state index contributed by atoms with van der Waals surface area (Å²) in [5.41, 5.74) is -0.392. The van der Waals surface area contributed by atoms with E-state index in [1.165, 1.54) is 18.3 Å². The van der Waals surface area contributed by atoms with Crippen molar-refractivity contribution in [3.8, 4) is 0 Å². The van der Waals surface area contributed by atoms with Crippen molar-refractivity contribution in [1.82, 2.24) is 9.97 Å². The highest BCUT2D eigenvalue weighted by molar-refractivity contribution is 5.90. The third-order valence-corrected chi connectivity index (χ3v) is 3.99. The number of pyridine rings is 2. The number of amides is 1. The molecule has 0 aliphatic rings. The van der Waals surface area contributed by atoms with Crippen molar-refractivity contribution in [2.75, 3.05) is 28.6 Å². The van der Waals surface area contributed by atoms with E-state index in [-0.39, 0.29) is 5.69 Å². The first kappa shape index (κ1) is 20.1. The number of rotatable bonds is 8. The molecule has 6 nitrogen and oxygen atoms in total. The Morgan fingerprint density at radius 3 is 2.45 bits per heavy atom. The highest BCUT2D eigenvalue weighted by atomic mass is 19.4. The molecule has 0 radical (unpaired) electrons. The number of alkyl halides is 3. The fraction of sp³-hybridized carbons (Fsp3) is 0.150. The molecular weight excluding hydrogens is 383 g/mol. The van der Waals surface area contributed by atoms with Crippen LogP contribution in [-0.4, -0.2) is 29.5 Å². The van der Waals surface area contributed by atoms with Crippen LogP contribution in [0.1, 0.15) is 5.56 Å². The number of hydrogen-bond donors (Lipinski definition) is 2. The van der Waals surface area contributed by atoms with Crippen LogP contribution in [0.2, 0.25) is 0 Å². The van der Waals surface area contributed by atoms with Crippen LogP contribution >= 0.6 is 0 Å². The summed E-state index contributed by atoms with van der Waals surface area (Å²) in [6.45, 7) is 0.980. The molecule has 2 aromatic heterocycles. The molecule has 9 heteroatoms. The van der Waals surface area contributed by atoms with Gasteiger partial charge in [-0.15, -0.1) is 0 Å². The largest absolute Gasteiger partial charge is 0.416 e. The highest BCUT2D eigenvalue weighted by Crippen LogP contribution is 2.34. The Labute approximate surface area is 165 Å². The molecule has 0 fully saturated rings. The van der Waals surface area contributed by atoms with Gasteiger partial charge in [-0.3, -0.25) is 9.69 Å². The Hall–Kier alpha value is -3.62. The van der Waals surface area contributed by atoms with Gasteiger partial charge < -0.3 is 10.6 Å². The summed E-state index contributed by atoms with van der Waals surface area (Å²) in [7, 11) is 0. The topological polar surface area (TPSA) is 70.2 Å². The zero-order valence-electron chi connectivity index (χ0n) is 15.2. The summed E-state index contributed by atoms with van der Waals surface area (Å²) in [6, 6.07) is 13.3. The summed E-state index contributed by atoms with van der Waals surface area (Å²) >= 11 is 0. The lowest BCUT2D eigenvalue weighted by Gasteiger charge is -2.21. The van der Waals surface area contributed by atoms with Crippen molar-refractivity contribution in [3.63, 3.8) is 0 Å². The third kappa shape index (κ3) is 5.22. The van der Waals surface area contributed by atoms with Crippen LogP contribution in [-0.2, 0) is 11.0 Å². The van der Waals surface area contributed by atoms with Crippen LogP contribution in [0.4, 0.5) is 36.2 Å². The SMILES string of the molecule is O=CN(c1cccc(C(F)(F)F)c1)c1cccnc1NCCNc1ccccn1. The Morgan fingerprint density at radius 2 is 1.72 bits per heavy atom. The summed E-state index contributed by atoms with van der Waals surface area (Å²) in [5, 5.41) is 6.21. The first-order chi connectivity index (χ1) is 14.0. The lowest BCUT2D eigenvalue weighted by atomic mass is 10.1. The van der Waals surface area contributed by atoms with Crippen LogP contribution in [0.5, 0.6) is 0 Å². The quantitative estimate of drug-likeness (QED) is 0.435. The molecule has 2 N–H and O–H groups in total. The van der Waals surface area contributed by atoms with E-state index in [0.717, 1.165) is 17.0 Å². The first-order valence-corrected chi connectivity index (χ1v) is 8.74. The minimum Gasteiger partial charge on any atom is -0.368 e. The summed E-state index contributed by atoms with van der Waals surface area (Å²) < 4.78 is 39.1. The molecule has 1 aromatic carbocycles. The number of benzene rings is 1. The van der Waals surface area contributed by atoms with E-state index in [4.69, 9.17) is 0 Å². The molecule has 29 heavy (non-hydrogen) atoms. The van der Waals surface area contributed by atoms with E-state index < -0.39 is 11.7 Å². The van der Waals surface area contributed by atoms with Gasteiger partial charge in [0.15, 0.2) is 0 Å². The molecule has 0 aliphatic heterocycles. The Balaban J connectivity index is 1.75. The number of hydrogen-bond acceptors (Lipinski definition) is 5. The summed E-state index contributed by atoms with van der Waals surface area (Å²) in [4.78, 5) is 21.2. The number of carbonyl (C=O) groups is 1. The second-order valence-electron chi connectivity index (χ2n) is 5.96. The number of nitrogens with one attached hydrogen (secondary N) is 2. The van der Waals surface area contributed by atoms with Gasteiger partial charge in [-0.25, -0.2) is 9.97 Å². The number of carbonyl (C=O) groups excluding carboxylic acids is 1. The molecule has 1 amide bonds. The minimum atomic E-state index is -4.50. The number of nitrogens with zero attached hydrogens (tertiary/aromatic N) is 3.